The van der Waals surface area contributed by atoms with Crippen molar-refractivity contribution in [3.63, 3.8) is 0 Å². The minimum Gasteiger partial charge on any atom is -0.326 e. The maximum Gasteiger partial charge on any atom is 0.264 e. The maximum absolute atomic E-state index is 13.0. The number of aromatic nitrogens is 4. The molecule has 2 aromatic heterocycles. The molecule has 0 aliphatic rings. The third-order valence-corrected chi connectivity index (χ3v) is 5.15. The highest BCUT2D eigenvalue weighted by Crippen LogP contribution is 2.20. The monoisotopic (exact) mass is 421 g/mol. The van der Waals surface area contributed by atoms with Gasteiger partial charge in [-0.25, -0.2) is 9.67 Å². The molecule has 0 saturated heterocycles. The van der Waals surface area contributed by atoms with Crippen LogP contribution in [0.1, 0.15) is 17.8 Å². The van der Waals surface area contributed by atoms with E-state index in [4.69, 9.17) is 11.6 Å². The Labute approximate surface area is 177 Å². The number of halogens is 1. The Hall–Kier alpha value is -3.45. The number of nitrogens with zero attached hydrogens (tertiary/aromatic N) is 4. The van der Waals surface area contributed by atoms with Crippen LogP contribution in [0.15, 0.2) is 59.5 Å². The summed E-state index contributed by atoms with van der Waals surface area (Å²) in [7, 11) is 0. The number of benzene rings is 2. The normalized spacial score (nSPS) is 11.0. The molecule has 0 radical (unpaired) electrons. The zero-order valence-corrected chi connectivity index (χ0v) is 17.3. The number of rotatable bonds is 5. The van der Waals surface area contributed by atoms with Gasteiger partial charge in [-0.1, -0.05) is 35.9 Å². The number of carbonyl (C=O) groups excluding carboxylic acids is 1. The molecule has 0 atom stereocenters. The van der Waals surface area contributed by atoms with E-state index >= 15 is 0 Å². The second-order valence-corrected chi connectivity index (χ2v) is 7.44. The highest BCUT2D eigenvalue weighted by molar-refractivity contribution is 6.31. The van der Waals surface area contributed by atoms with Gasteiger partial charge in [0, 0.05) is 23.7 Å². The van der Waals surface area contributed by atoms with E-state index in [-0.39, 0.29) is 24.4 Å². The number of para-hydroxylation sites is 1. The predicted octanol–water partition coefficient (Wildman–Crippen LogP) is 3.88. The minimum absolute atomic E-state index is 0.132. The Morgan fingerprint density at radius 1 is 1.13 bits per heavy atom. The van der Waals surface area contributed by atoms with Crippen LogP contribution in [0.25, 0.3) is 16.7 Å². The molecule has 4 aromatic rings. The summed E-state index contributed by atoms with van der Waals surface area (Å²) in [4.78, 5) is 30.0. The van der Waals surface area contributed by atoms with Gasteiger partial charge in [0.25, 0.3) is 5.56 Å². The molecule has 2 aromatic carbocycles. The number of hydrogen-bond donors (Lipinski definition) is 1. The second kappa shape index (κ2) is 8.12. The van der Waals surface area contributed by atoms with Gasteiger partial charge in [-0.2, -0.15) is 5.10 Å². The Morgan fingerprint density at radius 3 is 2.67 bits per heavy atom. The van der Waals surface area contributed by atoms with Crippen molar-refractivity contribution < 1.29 is 4.79 Å². The van der Waals surface area contributed by atoms with E-state index in [0.29, 0.717) is 27.6 Å². The van der Waals surface area contributed by atoms with Crippen LogP contribution in [-0.4, -0.2) is 25.2 Å². The molecule has 1 N–H and O–H groups in total. The molecule has 4 rings (SSSR count). The molecule has 0 aliphatic carbocycles. The first-order chi connectivity index (χ1) is 14.4. The van der Waals surface area contributed by atoms with Crippen LogP contribution >= 0.6 is 11.6 Å². The van der Waals surface area contributed by atoms with E-state index in [9.17, 15) is 9.59 Å². The van der Waals surface area contributed by atoms with Gasteiger partial charge in [-0.05, 0) is 43.7 Å². The van der Waals surface area contributed by atoms with Crippen molar-refractivity contribution in [2.24, 2.45) is 0 Å². The fourth-order valence-electron chi connectivity index (χ4n) is 3.28. The molecule has 0 bridgehead atoms. The minimum atomic E-state index is -0.216. The fraction of sp³-hybridized carbons (Fsp3) is 0.182. The van der Waals surface area contributed by atoms with E-state index in [1.807, 2.05) is 43.3 Å². The first-order valence-electron chi connectivity index (χ1n) is 9.50. The van der Waals surface area contributed by atoms with Gasteiger partial charge >= 0.3 is 0 Å². The molecule has 152 valence electrons. The summed E-state index contributed by atoms with van der Waals surface area (Å²) in [5.74, 6) is 0.323. The Kier molecular flexibility index (Phi) is 5.37. The molecular formula is C22H20ClN5O2. The summed E-state index contributed by atoms with van der Waals surface area (Å²) in [6.07, 6.45) is 1.65. The average Bonchev–Trinajstić information content (AvgIpc) is 3.15. The molecule has 0 fully saturated rings. The first kappa shape index (κ1) is 19.8. The van der Waals surface area contributed by atoms with Crippen molar-refractivity contribution >= 4 is 34.2 Å². The number of carbonyl (C=O) groups is 1. The molecule has 0 saturated carbocycles. The molecule has 1 amide bonds. The van der Waals surface area contributed by atoms with E-state index < -0.39 is 0 Å². The summed E-state index contributed by atoms with van der Waals surface area (Å²) in [5.41, 5.74) is 2.69. The topological polar surface area (TPSA) is 81.8 Å². The van der Waals surface area contributed by atoms with Gasteiger partial charge in [0.05, 0.1) is 11.9 Å². The van der Waals surface area contributed by atoms with Gasteiger partial charge in [0.1, 0.15) is 11.2 Å². The summed E-state index contributed by atoms with van der Waals surface area (Å²) < 4.78 is 3.15. The number of fused-ring (bicyclic) bond motifs is 1. The molecule has 0 unspecified atom stereocenters. The van der Waals surface area contributed by atoms with Crippen LogP contribution in [-0.2, 0) is 11.3 Å². The predicted molar refractivity (Wildman–Crippen MR) is 117 cm³/mol. The summed E-state index contributed by atoms with van der Waals surface area (Å²) in [5, 5.41) is 8.14. The van der Waals surface area contributed by atoms with Crippen molar-refractivity contribution in [2.75, 3.05) is 5.32 Å². The summed E-state index contributed by atoms with van der Waals surface area (Å²) >= 11 is 6.00. The number of amides is 1. The molecule has 0 spiro atoms. The maximum atomic E-state index is 13.0. The van der Waals surface area contributed by atoms with Crippen LogP contribution in [0.2, 0.25) is 5.02 Å². The molecule has 2 heterocycles. The lowest BCUT2D eigenvalue weighted by Gasteiger charge is -2.12. The fourth-order valence-corrected chi connectivity index (χ4v) is 3.45. The third-order valence-electron chi connectivity index (χ3n) is 4.91. The zero-order chi connectivity index (χ0) is 21.3. The SMILES string of the molecule is Cc1ccc(Cl)cc1NC(=O)CCn1c(C)nc2c(cnn2-c2ccccc2)c1=O. The number of anilines is 1. The zero-order valence-electron chi connectivity index (χ0n) is 16.6. The number of hydrogen-bond acceptors (Lipinski definition) is 4. The van der Waals surface area contributed by atoms with E-state index in [0.717, 1.165) is 11.3 Å². The second-order valence-electron chi connectivity index (χ2n) is 7.00. The Balaban J connectivity index is 1.57. The van der Waals surface area contributed by atoms with Crippen molar-refractivity contribution in [1.29, 1.82) is 0 Å². The largest absolute Gasteiger partial charge is 0.326 e. The lowest BCUT2D eigenvalue weighted by atomic mass is 10.2. The van der Waals surface area contributed by atoms with Gasteiger partial charge in [-0.3, -0.25) is 14.2 Å². The lowest BCUT2D eigenvalue weighted by molar-refractivity contribution is -0.116. The van der Waals surface area contributed by atoms with Crippen LogP contribution in [0.3, 0.4) is 0 Å². The summed E-state index contributed by atoms with van der Waals surface area (Å²) in [6.45, 7) is 3.86. The van der Waals surface area contributed by atoms with Crippen LogP contribution in [0.4, 0.5) is 5.69 Å². The van der Waals surface area contributed by atoms with Crippen LogP contribution < -0.4 is 10.9 Å². The lowest BCUT2D eigenvalue weighted by Crippen LogP contribution is -2.26. The summed E-state index contributed by atoms with van der Waals surface area (Å²) in [6, 6.07) is 14.8. The average molecular weight is 422 g/mol. The molecule has 30 heavy (non-hydrogen) atoms. The standard InChI is InChI=1S/C22H20ClN5O2/c1-14-8-9-16(23)12-19(14)26-20(29)10-11-27-15(2)25-21-18(22(27)30)13-24-28(21)17-6-4-3-5-7-17/h3-9,12-13H,10-11H2,1-2H3,(H,26,29). The van der Waals surface area contributed by atoms with Crippen molar-refractivity contribution in [2.45, 2.75) is 26.8 Å². The van der Waals surface area contributed by atoms with Gasteiger partial charge < -0.3 is 5.32 Å². The molecule has 0 aliphatic heterocycles. The first-order valence-corrected chi connectivity index (χ1v) is 9.88. The molecule has 7 nitrogen and oxygen atoms in total. The Morgan fingerprint density at radius 2 is 1.90 bits per heavy atom. The molecular weight excluding hydrogens is 402 g/mol. The van der Waals surface area contributed by atoms with Crippen LogP contribution in [0, 0.1) is 13.8 Å². The number of aryl methyl sites for hydroxylation is 2. The highest BCUT2D eigenvalue weighted by Gasteiger charge is 2.15. The van der Waals surface area contributed by atoms with E-state index in [1.165, 1.54) is 10.8 Å². The Bertz CT molecular complexity index is 1290. The van der Waals surface area contributed by atoms with Gasteiger partial charge in [0.2, 0.25) is 5.91 Å². The molecule has 8 heteroatoms. The highest BCUT2D eigenvalue weighted by atomic mass is 35.5. The van der Waals surface area contributed by atoms with Gasteiger partial charge in [0.15, 0.2) is 5.65 Å². The van der Waals surface area contributed by atoms with Gasteiger partial charge in [-0.15, -0.1) is 0 Å². The van der Waals surface area contributed by atoms with E-state index in [2.05, 4.69) is 15.4 Å². The van der Waals surface area contributed by atoms with E-state index in [1.54, 1.807) is 23.7 Å². The van der Waals surface area contributed by atoms with Crippen molar-refractivity contribution in [3.05, 3.63) is 81.5 Å². The smallest absolute Gasteiger partial charge is 0.264 e. The van der Waals surface area contributed by atoms with Crippen molar-refractivity contribution in [1.82, 2.24) is 19.3 Å². The van der Waals surface area contributed by atoms with Crippen LogP contribution in [0.5, 0.6) is 0 Å². The third kappa shape index (κ3) is 3.84. The van der Waals surface area contributed by atoms with Crippen molar-refractivity contribution in [3.8, 4) is 5.69 Å². The quantitative estimate of drug-likeness (QED) is 0.530. The number of nitrogens with one attached hydrogen (secondary N) is 1.